The monoisotopic (exact) mass is 445 g/mol. The van der Waals surface area contributed by atoms with Crippen LogP contribution in [-0.2, 0) is 20.2 Å². The Morgan fingerprint density at radius 3 is 2.42 bits per heavy atom. The molecule has 1 aliphatic rings. The average Bonchev–Trinajstić information content (AvgIpc) is 2.73. The molecule has 1 saturated heterocycles. The summed E-state index contributed by atoms with van der Waals surface area (Å²) in [6, 6.07) is 11.5. The van der Waals surface area contributed by atoms with Gasteiger partial charge in [0.15, 0.2) is 0 Å². The molecule has 31 heavy (non-hydrogen) atoms. The van der Waals surface area contributed by atoms with E-state index in [1.165, 1.54) is 18.2 Å². The van der Waals surface area contributed by atoms with Crippen LogP contribution in [0.2, 0.25) is 0 Å². The number of hydrogen-bond acceptors (Lipinski definition) is 5. The number of carbonyl (C=O) groups is 1. The molecular formula is C22H27N3O5S. The third-order valence-electron chi connectivity index (χ3n) is 5.41. The zero-order chi connectivity index (χ0) is 22.8. The van der Waals surface area contributed by atoms with E-state index in [0.717, 1.165) is 22.4 Å². The van der Waals surface area contributed by atoms with Gasteiger partial charge in [-0.3, -0.25) is 14.9 Å². The van der Waals surface area contributed by atoms with Crippen molar-refractivity contribution in [2.24, 2.45) is 0 Å². The minimum atomic E-state index is -4.06. The molecular weight excluding hydrogens is 418 g/mol. The molecule has 0 aliphatic carbocycles. The maximum absolute atomic E-state index is 13.2. The number of nitrogens with one attached hydrogen (secondary N) is 1. The molecule has 1 fully saturated rings. The summed E-state index contributed by atoms with van der Waals surface area (Å²) in [5.74, 6) is -0.405. The zero-order valence-corrected chi connectivity index (χ0v) is 18.7. The summed E-state index contributed by atoms with van der Waals surface area (Å²) >= 11 is 0. The molecule has 0 bridgehead atoms. The van der Waals surface area contributed by atoms with Crippen molar-refractivity contribution in [3.8, 4) is 0 Å². The van der Waals surface area contributed by atoms with Crippen LogP contribution in [0.15, 0.2) is 53.4 Å². The van der Waals surface area contributed by atoms with E-state index in [2.05, 4.69) is 26.1 Å². The fourth-order valence-corrected chi connectivity index (χ4v) is 5.32. The van der Waals surface area contributed by atoms with E-state index in [1.54, 1.807) is 12.1 Å². The zero-order valence-electron chi connectivity index (χ0n) is 17.9. The normalized spacial score (nSPS) is 17.8. The minimum absolute atomic E-state index is 0.0188. The van der Waals surface area contributed by atoms with Gasteiger partial charge in [0.1, 0.15) is 6.04 Å². The van der Waals surface area contributed by atoms with Crippen molar-refractivity contribution in [1.29, 1.82) is 0 Å². The van der Waals surface area contributed by atoms with E-state index < -0.39 is 26.9 Å². The van der Waals surface area contributed by atoms with Gasteiger partial charge in [-0.1, -0.05) is 45.4 Å². The summed E-state index contributed by atoms with van der Waals surface area (Å²) in [5, 5.41) is 13.9. The topological polar surface area (TPSA) is 110 Å². The number of nitrogens with zero attached hydrogens (tertiary/aromatic N) is 2. The highest BCUT2D eigenvalue weighted by Crippen LogP contribution is 2.29. The Morgan fingerprint density at radius 2 is 1.81 bits per heavy atom. The third-order valence-corrected chi connectivity index (χ3v) is 7.31. The number of carbonyl (C=O) groups excluding carboxylic acids is 1. The molecule has 3 rings (SSSR count). The molecule has 0 aromatic heterocycles. The summed E-state index contributed by atoms with van der Waals surface area (Å²) in [4.78, 5) is 23.2. The lowest BCUT2D eigenvalue weighted by atomic mass is 9.87. The smallest absolute Gasteiger partial charge is 0.270 e. The molecule has 9 heteroatoms. The Balaban J connectivity index is 1.83. The highest BCUT2D eigenvalue weighted by molar-refractivity contribution is 7.89. The van der Waals surface area contributed by atoms with Crippen molar-refractivity contribution in [2.75, 3.05) is 11.9 Å². The van der Waals surface area contributed by atoms with Crippen molar-refractivity contribution in [3.05, 3.63) is 64.2 Å². The van der Waals surface area contributed by atoms with Gasteiger partial charge in [-0.2, -0.15) is 4.31 Å². The Labute approximate surface area is 182 Å². The van der Waals surface area contributed by atoms with Gasteiger partial charge in [0.25, 0.3) is 5.69 Å². The quantitative estimate of drug-likeness (QED) is 0.551. The van der Waals surface area contributed by atoms with Gasteiger partial charge in [0, 0.05) is 24.4 Å². The van der Waals surface area contributed by atoms with Crippen LogP contribution in [0.5, 0.6) is 0 Å². The summed E-state index contributed by atoms with van der Waals surface area (Å²) in [5.41, 5.74) is 1.39. The SMILES string of the molecule is CC(C)(C)c1ccc(NC(=O)C2CCCCN2S(=O)(=O)c2cccc([N+](=O)[O-])c2)cc1. The second-order valence-electron chi connectivity index (χ2n) is 8.70. The fourth-order valence-electron chi connectivity index (χ4n) is 3.63. The summed E-state index contributed by atoms with van der Waals surface area (Å²) < 4.78 is 27.6. The van der Waals surface area contributed by atoms with E-state index in [4.69, 9.17) is 0 Å². The van der Waals surface area contributed by atoms with Gasteiger partial charge in [0.2, 0.25) is 15.9 Å². The van der Waals surface area contributed by atoms with Crippen LogP contribution < -0.4 is 5.32 Å². The Bertz CT molecular complexity index is 1080. The standard InChI is InChI=1S/C22H27N3O5S/c1-22(2,3)16-10-12-17(13-11-16)23-21(26)20-9-4-5-14-24(20)31(29,30)19-8-6-7-18(15-19)25(27)28/h6-8,10-13,15,20H,4-5,9,14H2,1-3H3,(H,23,26). The second-order valence-corrected chi connectivity index (χ2v) is 10.6. The second kappa shape index (κ2) is 8.76. The minimum Gasteiger partial charge on any atom is -0.325 e. The first-order valence-electron chi connectivity index (χ1n) is 10.2. The summed E-state index contributed by atoms with van der Waals surface area (Å²) in [7, 11) is -4.06. The first-order chi connectivity index (χ1) is 14.5. The summed E-state index contributed by atoms with van der Waals surface area (Å²) in [6.07, 6.45) is 1.74. The Kier molecular flexibility index (Phi) is 6.47. The number of hydrogen-bond donors (Lipinski definition) is 1. The molecule has 2 aromatic carbocycles. The van der Waals surface area contributed by atoms with Gasteiger partial charge in [-0.15, -0.1) is 0 Å². The van der Waals surface area contributed by atoms with Crippen LogP contribution in [0.25, 0.3) is 0 Å². The maximum atomic E-state index is 13.2. The first-order valence-corrected chi connectivity index (χ1v) is 11.6. The lowest BCUT2D eigenvalue weighted by Gasteiger charge is -2.33. The molecule has 1 unspecified atom stereocenters. The molecule has 1 atom stereocenters. The lowest BCUT2D eigenvalue weighted by molar-refractivity contribution is -0.385. The van der Waals surface area contributed by atoms with Crippen molar-refractivity contribution in [1.82, 2.24) is 4.31 Å². The predicted molar refractivity (Wildman–Crippen MR) is 118 cm³/mol. The number of anilines is 1. The molecule has 1 N–H and O–H groups in total. The predicted octanol–water partition coefficient (Wildman–Crippen LogP) is 4.07. The maximum Gasteiger partial charge on any atom is 0.270 e. The van der Waals surface area contributed by atoms with Crippen LogP contribution in [0.3, 0.4) is 0 Å². The van der Waals surface area contributed by atoms with E-state index in [9.17, 15) is 23.3 Å². The van der Waals surface area contributed by atoms with Gasteiger partial charge in [-0.05, 0) is 42.0 Å². The largest absolute Gasteiger partial charge is 0.325 e. The van der Waals surface area contributed by atoms with Crippen LogP contribution in [0.1, 0.15) is 45.6 Å². The molecule has 0 saturated carbocycles. The van der Waals surface area contributed by atoms with E-state index in [0.29, 0.717) is 18.5 Å². The molecule has 2 aromatic rings. The van der Waals surface area contributed by atoms with Gasteiger partial charge in [-0.25, -0.2) is 8.42 Å². The number of piperidine rings is 1. The molecule has 0 spiro atoms. The first kappa shape index (κ1) is 22.9. The number of benzene rings is 2. The van der Waals surface area contributed by atoms with Gasteiger partial charge in [0.05, 0.1) is 9.82 Å². The van der Waals surface area contributed by atoms with Crippen molar-refractivity contribution in [2.45, 2.75) is 56.4 Å². The number of amides is 1. The Hall–Kier alpha value is -2.78. The van der Waals surface area contributed by atoms with Crippen molar-refractivity contribution < 1.29 is 18.1 Å². The number of nitro benzene ring substituents is 1. The van der Waals surface area contributed by atoms with Crippen molar-refractivity contribution >= 4 is 27.3 Å². The molecule has 8 nitrogen and oxygen atoms in total. The molecule has 0 radical (unpaired) electrons. The number of sulfonamides is 1. The number of rotatable bonds is 5. The fraction of sp³-hybridized carbons (Fsp3) is 0.409. The molecule has 1 heterocycles. The number of nitro groups is 1. The van der Waals surface area contributed by atoms with Crippen LogP contribution >= 0.6 is 0 Å². The van der Waals surface area contributed by atoms with Crippen LogP contribution in [0.4, 0.5) is 11.4 Å². The number of non-ortho nitro benzene ring substituents is 1. The van der Waals surface area contributed by atoms with Crippen molar-refractivity contribution in [3.63, 3.8) is 0 Å². The molecule has 1 amide bonds. The molecule has 166 valence electrons. The van der Waals surface area contributed by atoms with E-state index in [-0.39, 0.29) is 22.5 Å². The Morgan fingerprint density at radius 1 is 1.13 bits per heavy atom. The van der Waals surface area contributed by atoms with Crippen LogP contribution in [-0.4, -0.2) is 36.1 Å². The average molecular weight is 446 g/mol. The van der Waals surface area contributed by atoms with Crippen LogP contribution in [0, 0.1) is 10.1 Å². The van der Waals surface area contributed by atoms with E-state index >= 15 is 0 Å². The highest BCUT2D eigenvalue weighted by atomic mass is 32.2. The van der Waals surface area contributed by atoms with Gasteiger partial charge < -0.3 is 5.32 Å². The third kappa shape index (κ3) is 5.11. The summed E-state index contributed by atoms with van der Waals surface area (Å²) in [6.45, 7) is 6.48. The van der Waals surface area contributed by atoms with Gasteiger partial charge >= 0.3 is 0 Å². The highest BCUT2D eigenvalue weighted by Gasteiger charge is 2.38. The van der Waals surface area contributed by atoms with E-state index in [1.807, 2.05) is 12.1 Å². The lowest BCUT2D eigenvalue weighted by Crippen LogP contribution is -2.49. The molecule has 1 aliphatic heterocycles.